The van der Waals surface area contributed by atoms with Crippen molar-refractivity contribution in [2.75, 3.05) is 19.7 Å². The number of benzene rings is 1. The van der Waals surface area contributed by atoms with Crippen LogP contribution in [0.5, 0.6) is 0 Å². The van der Waals surface area contributed by atoms with Crippen molar-refractivity contribution >= 4 is 41.4 Å². The number of Topliss-reactive ketones (excluding diaryl/α,β-unsaturated/α-hetero) is 1. The Morgan fingerprint density at radius 1 is 0.957 bits per heavy atom. The van der Waals surface area contributed by atoms with E-state index in [1.54, 1.807) is 51.1 Å². The van der Waals surface area contributed by atoms with Crippen LogP contribution in [0.1, 0.15) is 65.9 Å². The first-order valence-electron chi connectivity index (χ1n) is 15.7. The summed E-state index contributed by atoms with van der Waals surface area (Å²) in [5.74, 6) is -4.75. The second-order valence-corrected chi connectivity index (χ2v) is 12.2. The lowest BCUT2D eigenvalue weighted by atomic mass is 10.0. The third kappa shape index (κ3) is 11.8. The number of ketones is 1. The van der Waals surface area contributed by atoms with E-state index in [4.69, 9.17) is 10.5 Å². The molecule has 6 amide bonds. The molecule has 1 heterocycles. The minimum absolute atomic E-state index is 0.114. The van der Waals surface area contributed by atoms with Crippen LogP contribution in [0.3, 0.4) is 0 Å². The highest BCUT2D eigenvalue weighted by molar-refractivity contribution is 6.38. The second-order valence-electron chi connectivity index (χ2n) is 12.2. The molecular formula is C32H48N6O8. The van der Waals surface area contributed by atoms with Crippen molar-refractivity contribution in [3.8, 4) is 0 Å². The normalized spacial score (nSPS) is 16.2. The summed E-state index contributed by atoms with van der Waals surface area (Å²) in [4.78, 5) is 90.6. The summed E-state index contributed by atoms with van der Waals surface area (Å²) in [6.07, 6.45) is 0.889. The number of nitrogens with zero attached hydrogens (tertiary/aromatic N) is 1. The molecule has 0 bridgehead atoms. The molecule has 0 saturated carbocycles. The van der Waals surface area contributed by atoms with Gasteiger partial charge in [-0.1, -0.05) is 71.4 Å². The standard InChI is InChI=1S/C32H48N6O8/c1-6-11-22(27(40)30(43)34-17-25(39)35-23(28(33)41)16-21-12-8-7-9-13-21)36-29(42)24-14-10-15-38(24)31(44)26(20(4)5)37-32(45)46-18-19(2)3/h7-9,12-13,19-20,22-24,26H,6,10-11,14-18H2,1-5H3,(H2,33,41)(H,34,43)(H,35,39)(H,36,42)(H,37,45). The molecule has 0 radical (unpaired) electrons. The van der Waals surface area contributed by atoms with Crippen molar-refractivity contribution in [3.05, 3.63) is 35.9 Å². The summed E-state index contributed by atoms with van der Waals surface area (Å²) in [6, 6.07) is 4.86. The Morgan fingerprint density at radius 2 is 1.63 bits per heavy atom. The van der Waals surface area contributed by atoms with Gasteiger partial charge in [0.05, 0.1) is 19.2 Å². The van der Waals surface area contributed by atoms with Crippen molar-refractivity contribution in [1.82, 2.24) is 26.2 Å². The monoisotopic (exact) mass is 644 g/mol. The Hall–Kier alpha value is -4.49. The average molecular weight is 645 g/mol. The van der Waals surface area contributed by atoms with E-state index in [9.17, 15) is 33.6 Å². The average Bonchev–Trinajstić information content (AvgIpc) is 3.51. The van der Waals surface area contributed by atoms with Gasteiger partial charge in [-0.2, -0.15) is 0 Å². The van der Waals surface area contributed by atoms with Crippen LogP contribution < -0.4 is 27.0 Å². The molecule has 0 aromatic heterocycles. The van der Waals surface area contributed by atoms with Gasteiger partial charge in [-0.3, -0.25) is 28.8 Å². The van der Waals surface area contributed by atoms with Gasteiger partial charge in [0.2, 0.25) is 29.4 Å². The molecule has 0 aliphatic carbocycles. The zero-order chi connectivity index (χ0) is 34.4. The number of ether oxygens (including phenoxy) is 1. The molecule has 4 atom stereocenters. The minimum Gasteiger partial charge on any atom is -0.449 e. The second kappa shape index (κ2) is 18.5. The Labute approximate surface area is 269 Å². The van der Waals surface area contributed by atoms with E-state index in [-0.39, 0.29) is 37.8 Å². The van der Waals surface area contributed by atoms with Crippen molar-refractivity contribution in [2.45, 2.75) is 90.9 Å². The van der Waals surface area contributed by atoms with Gasteiger partial charge >= 0.3 is 6.09 Å². The molecule has 14 nitrogen and oxygen atoms in total. The number of amides is 6. The van der Waals surface area contributed by atoms with Crippen LogP contribution in [0, 0.1) is 11.8 Å². The van der Waals surface area contributed by atoms with E-state index < -0.39 is 72.1 Å². The van der Waals surface area contributed by atoms with Gasteiger partial charge in [0.1, 0.15) is 18.1 Å². The van der Waals surface area contributed by atoms with Crippen LogP contribution in [-0.4, -0.2) is 90.2 Å². The number of rotatable bonds is 17. The molecule has 4 unspecified atom stereocenters. The lowest BCUT2D eigenvalue weighted by Gasteiger charge is -2.31. The molecule has 14 heteroatoms. The first kappa shape index (κ1) is 37.7. The molecule has 1 aromatic carbocycles. The maximum Gasteiger partial charge on any atom is 0.407 e. The van der Waals surface area contributed by atoms with Gasteiger partial charge in [0.25, 0.3) is 5.91 Å². The smallest absolute Gasteiger partial charge is 0.407 e. The Balaban J connectivity index is 2.00. The SMILES string of the molecule is CCCC(NC(=O)C1CCCN1C(=O)C(NC(=O)OCC(C)C)C(C)C)C(=O)C(=O)NCC(=O)NC(Cc1ccccc1)C(N)=O. The predicted molar refractivity (Wildman–Crippen MR) is 169 cm³/mol. The van der Waals surface area contributed by atoms with Crippen LogP contribution in [0.15, 0.2) is 30.3 Å². The molecule has 1 aliphatic heterocycles. The van der Waals surface area contributed by atoms with Crippen LogP contribution in [0.25, 0.3) is 0 Å². The number of carbonyl (C=O) groups is 7. The van der Waals surface area contributed by atoms with Gasteiger partial charge in [0.15, 0.2) is 0 Å². The summed E-state index contributed by atoms with van der Waals surface area (Å²) in [5.41, 5.74) is 6.20. The maximum absolute atomic E-state index is 13.5. The van der Waals surface area contributed by atoms with Gasteiger partial charge in [-0.25, -0.2) is 4.79 Å². The number of alkyl carbamates (subject to hydrolysis) is 1. The van der Waals surface area contributed by atoms with Crippen molar-refractivity contribution < 1.29 is 38.3 Å². The van der Waals surface area contributed by atoms with Crippen molar-refractivity contribution in [1.29, 1.82) is 0 Å². The van der Waals surface area contributed by atoms with E-state index in [2.05, 4.69) is 21.3 Å². The summed E-state index contributed by atoms with van der Waals surface area (Å²) in [5, 5.41) is 9.92. The molecule has 254 valence electrons. The highest BCUT2D eigenvalue weighted by atomic mass is 16.5. The number of primary amides is 1. The fraction of sp³-hybridized carbons (Fsp3) is 0.594. The summed E-state index contributed by atoms with van der Waals surface area (Å²) in [7, 11) is 0. The fourth-order valence-electron chi connectivity index (χ4n) is 4.96. The number of likely N-dealkylation sites (tertiary alicyclic amines) is 1. The number of nitrogens with one attached hydrogen (secondary N) is 4. The lowest BCUT2D eigenvalue weighted by Crippen LogP contribution is -2.57. The van der Waals surface area contributed by atoms with Crippen LogP contribution >= 0.6 is 0 Å². The molecule has 1 aliphatic rings. The fourth-order valence-corrected chi connectivity index (χ4v) is 4.96. The molecule has 1 saturated heterocycles. The Bertz CT molecular complexity index is 1240. The third-order valence-corrected chi connectivity index (χ3v) is 7.40. The molecule has 1 fully saturated rings. The molecule has 2 rings (SSSR count). The van der Waals surface area contributed by atoms with E-state index in [0.29, 0.717) is 19.3 Å². The summed E-state index contributed by atoms with van der Waals surface area (Å²) >= 11 is 0. The van der Waals surface area contributed by atoms with E-state index in [1.807, 2.05) is 13.8 Å². The quantitative estimate of drug-likeness (QED) is 0.151. The van der Waals surface area contributed by atoms with Crippen molar-refractivity contribution in [2.24, 2.45) is 17.6 Å². The topological polar surface area (TPSA) is 206 Å². The first-order chi connectivity index (χ1) is 21.7. The highest BCUT2D eigenvalue weighted by Crippen LogP contribution is 2.21. The van der Waals surface area contributed by atoms with Gasteiger partial charge in [-0.15, -0.1) is 0 Å². The molecule has 46 heavy (non-hydrogen) atoms. The van der Waals surface area contributed by atoms with Crippen LogP contribution in [-0.2, 0) is 39.9 Å². The Morgan fingerprint density at radius 3 is 2.22 bits per heavy atom. The molecule has 1 aromatic rings. The number of hydrogen-bond donors (Lipinski definition) is 5. The zero-order valence-corrected chi connectivity index (χ0v) is 27.3. The predicted octanol–water partition coefficient (Wildman–Crippen LogP) is 0.567. The van der Waals surface area contributed by atoms with E-state index in [0.717, 1.165) is 5.56 Å². The van der Waals surface area contributed by atoms with Crippen molar-refractivity contribution in [3.63, 3.8) is 0 Å². The van der Waals surface area contributed by atoms with Gasteiger partial charge < -0.3 is 36.6 Å². The maximum atomic E-state index is 13.5. The minimum atomic E-state index is -1.19. The van der Waals surface area contributed by atoms with Crippen LogP contribution in [0.2, 0.25) is 0 Å². The number of carbonyl (C=O) groups excluding carboxylic acids is 7. The van der Waals surface area contributed by atoms with E-state index >= 15 is 0 Å². The molecular weight excluding hydrogens is 596 g/mol. The van der Waals surface area contributed by atoms with Gasteiger partial charge in [-0.05, 0) is 36.7 Å². The number of nitrogens with two attached hydrogens (primary N) is 1. The van der Waals surface area contributed by atoms with Gasteiger partial charge in [0, 0.05) is 13.0 Å². The number of hydrogen-bond acceptors (Lipinski definition) is 8. The lowest BCUT2D eigenvalue weighted by molar-refractivity contribution is -0.143. The molecule has 0 spiro atoms. The van der Waals surface area contributed by atoms with E-state index in [1.165, 1.54) is 4.90 Å². The van der Waals surface area contributed by atoms with Crippen LogP contribution in [0.4, 0.5) is 4.79 Å². The first-order valence-corrected chi connectivity index (χ1v) is 15.7. The largest absolute Gasteiger partial charge is 0.449 e. The zero-order valence-electron chi connectivity index (χ0n) is 27.3. The molecule has 6 N–H and O–H groups in total. The third-order valence-electron chi connectivity index (χ3n) is 7.40. The highest BCUT2D eigenvalue weighted by Gasteiger charge is 2.40. The summed E-state index contributed by atoms with van der Waals surface area (Å²) in [6.45, 7) is 8.95. The Kier molecular flexibility index (Phi) is 15.1. The summed E-state index contributed by atoms with van der Waals surface area (Å²) < 4.78 is 5.17.